The Morgan fingerprint density at radius 1 is 1.32 bits per heavy atom. The number of likely N-dealkylation sites (tertiary alicyclic amines) is 1. The number of carboxylic acids is 1. The molecule has 1 unspecified atom stereocenters. The summed E-state index contributed by atoms with van der Waals surface area (Å²) in [4.78, 5) is 23.9. The molecule has 2 aliphatic rings. The van der Waals surface area contributed by atoms with E-state index in [0.29, 0.717) is 12.0 Å². The molecule has 0 amide bonds. The molecule has 6 nitrogen and oxygen atoms in total. The number of anilines is 1. The van der Waals surface area contributed by atoms with Crippen molar-refractivity contribution in [1.29, 1.82) is 0 Å². The first-order valence-electron chi connectivity index (χ1n) is 6.79. The van der Waals surface area contributed by atoms with Crippen molar-refractivity contribution in [3.63, 3.8) is 0 Å². The molecular formula is C13H18N4O2. The first-order chi connectivity index (χ1) is 9.24. The minimum absolute atomic E-state index is 0.0645. The first kappa shape index (κ1) is 12.3. The summed E-state index contributed by atoms with van der Waals surface area (Å²) in [6.45, 7) is 4.19. The zero-order valence-corrected chi connectivity index (χ0v) is 10.8. The van der Waals surface area contributed by atoms with E-state index in [-0.39, 0.29) is 5.69 Å². The van der Waals surface area contributed by atoms with Crippen molar-refractivity contribution in [2.75, 3.05) is 31.1 Å². The second-order valence-electron chi connectivity index (χ2n) is 5.18. The Labute approximate surface area is 112 Å². The van der Waals surface area contributed by atoms with Gasteiger partial charge in [-0.05, 0) is 38.4 Å². The molecule has 1 aromatic heterocycles. The van der Waals surface area contributed by atoms with E-state index in [1.54, 1.807) is 0 Å². The lowest BCUT2D eigenvalue weighted by Gasteiger charge is -2.23. The van der Waals surface area contributed by atoms with Gasteiger partial charge in [0.15, 0.2) is 5.69 Å². The van der Waals surface area contributed by atoms with Gasteiger partial charge >= 0.3 is 5.97 Å². The van der Waals surface area contributed by atoms with Crippen molar-refractivity contribution in [2.45, 2.75) is 25.3 Å². The predicted octanol–water partition coefficient (Wildman–Crippen LogP) is 0.849. The predicted molar refractivity (Wildman–Crippen MR) is 70.4 cm³/mol. The molecule has 3 rings (SSSR count). The van der Waals surface area contributed by atoms with Crippen LogP contribution in [0.1, 0.15) is 29.8 Å². The van der Waals surface area contributed by atoms with Gasteiger partial charge in [0, 0.05) is 25.3 Å². The number of nitrogens with zero attached hydrogens (tertiary/aromatic N) is 4. The fourth-order valence-electron chi connectivity index (χ4n) is 2.95. The molecule has 0 radical (unpaired) electrons. The summed E-state index contributed by atoms with van der Waals surface area (Å²) in [7, 11) is 0. The van der Waals surface area contributed by atoms with E-state index in [0.717, 1.165) is 19.5 Å². The molecule has 0 aliphatic carbocycles. The third-order valence-electron chi connectivity index (χ3n) is 3.97. The molecule has 0 bridgehead atoms. The zero-order valence-electron chi connectivity index (χ0n) is 10.8. The molecule has 0 spiro atoms. The average Bonchev–Trinajstić information content (AvgIpc) is 3.09. The topological polar surface area (TPSA) is 69.6 Å². The highest BCUT2D eigenvalue weighted by Crippen LogP contribution is 2.23. The van der Waals surface area contributed by atoms with Gasteiger partial charge in [-0.1, -0.05) is 0 Å². The van der Waals surface area contributed by atoms with Gasteiger partial charge in [0.25, 0.3) is 0 Å². The SMILES string of the molecule is O=C(O)c1ccnc(N2CCC(N3CCCC3)C2)n1. The number of aromatic nitrogens is 2. The van der Waals surface area contributed by atoms with Gasteiger partial charge < -0.3 is 10.0 Å². The molecule has 0 saturated carbocycles. The van der Waals surface area contributed by atoms with E-state index >= 15 is 0 Å². The molecule has 6 heteroatoms. The molecule has 3 heterocycles. The molecule has 0 aromatic carbocycles. The average molecular weight is 262 g/mol. The number of hydrogen-bond donors (Lipinski definition) is 1. The van der Waals surface area contributed by atoms with Crippen LogP contribution in [0.5, 0.6) is 0 Å². The second-order valence-corrected chi connectivity index (χ2v) is 5.18. The van der Waals surface area contributed by atoms with Crippen molar-refractivity contribution in [3.05, 3.63) is 18.0 Å². The van der Waals surface area contributed by atoms with E-state index < -0.39 is 5.97 Å². The molecule has 2 fully saturated rings. The first-order valence-corrected chi connectivity index (χ1v) is 6.79. The van der Waals surface area contributed by atoms with Crippen LogP contribution >= 0.6 is 0 Å². The summed E-state index contributed by atoms with van der Waals surface area (Å²) in [5.74, 6) is -0.458. The van der Waals surface area contributed by atoms with Crippen LogP contribution in [0, 0.1) is 0 Å². The highest BCUT2D eigenvalue weighted by atomic mass is 16.4. The van der Waals surface area contributed by atoms with Crippen LogP contribution in [0.3, 0.4) is 0 Å². The van der Waals surface area contributed by atoms with E-state index in [1.807, 2.05) is 0 Å². The maximum Gasteiger partial charge on any atom is 0.354 e. The van der Waals surface area contributed by atoms with Gasteiger partial charge in [-0.15, -0.1) is 0 Å². The van der Waals surface area contributed by atoms with Crippen molar-refractivity contribution in [3.8, 4) is 0 Å². The van der Waals surface area contributed by atoms with E-state index in [1.165, 1.54) is 38.2 Å². The Morgan fingerprint density at radius 3 is 2.84 bits per heavy atom. The number of carboxylic acid groups (broad SMARTS) is 1. The Kier molecular flexibility index (Phi) is 3.33. The Balaban J connectivity index is 1.70. The number of carbonyl (C=O) groups is 1. The molecule has 1 N–H and O–H groups in total. The standard InChI is InChI=1S/C13H18N4O2/c18-12(19)11-3-5-14-13(15-11)17-8-4-10(9-17)16-6-1-2-7-16/h3,5,10H,1-2,4,6-9H2,(H,18,19). The number of rotatable bonds is 3. The lowest BCUT2D eigenvalue weighted by molar-refractivity contribution is 0.0690. The smallest absolute Gasteiger partial charge is 0.354 e. The summed E-state index contributed by atoms with van der Waals surface area (Å²) in [6, 6.07) is 2.00. The third kappa shape index (κ3) is 2.53. The van der Waals surface area contributed by atoms with Gasteiger partial charge in [-0.2, -0.15) is 0 Å². The lowest BCUT2D eigenvalue weighted by atomic mass is 10.2. The quantitative estimate of drug-likeness (QED) is 0.871. The molecule has 102 valence electrons. The monoisotopic (exact) mass is 262 g/mol. The minimum Gasteiger partial charge on any atom is -0.477 e. The van der Waals surface area contributed by atoms with Crippen LogP contribution in [0.2, 0.25) is 0 Å². The van der Waals surface area contributed by atoms with E-state index in [4.69, 9.17) is 5.11 Å². The molecule has 19 heavy (non-hydrogen) atoms. The van der Waals surface area contributed by atoms with Crippen LogP contribution in [-0.2, 0) is 0 Å². The van der Waals surface area contributed by atoms with E-state index in [9.17, 15) is 4.79 Å². The zero-order chi connectivity index (χ0) is 13.2. The highest BCUT2D eigenvalue weighted by Gasteiger charge is 2.30. The summed E-state index contributed by atoms with van der Waals surface area (Å²) in [6.07, 6.45) is 5.22. The van der Waals surface area contributed by atoms with Crippen molar-refractivity contribution < 1.29 is 9.90 Å². The largest absolute Gasteiger partial charge is 0.477 e. The lowest BCUT2D eigenvalue weighted by Crippen LogP contribution is -2.35. The van der Waals surface area contributed by atoms with E-state index in [2.05, 4.69) is 19.8 Å². The summed E-state index contributed by atoms with van der Waals surface area (Å²) in [5, 5.41) is 8.96. The Bertz CT molecular complexity index is 473. The maximum absolute atomic E-state index is 10.9. The third-order valence-corrected chi connectivity index (χ3v) is 3.97. The molecular weight excluding hydrogens is 244 g/mol. The van der Waals surface area contributed by atoms with Crippen LogP contribution in [-0.4, -0.2) is 58.2 Å². The molecule has 2 aliphatic heterocycles. The summed E-state index contributed by atoms with van der Waals surface area (Å²) in [5.41, 5.74) is 0.0645. The van der Waals surface area contributed by atoms with Crippen LogP contribution in [0.4, 0.5) is 5.95 Å². The number of hydrogen-bond acceptors (Lipinski definition) is 5. The molecule has 1 aromatic rings. The van der Waals surface area contributed by atoms with Gasteiger partial charge in [-0.3, -0.25) is 4.90 Å². The summed E-state index contributed by atoms with van der Waals surface area (Å²) >= 11 is 0. The fraction of sp³-hybridized carbons (Fsp3) is 0.615. The van der Waals surface area contributed by atoms with Gasteiger partial charge in [0.1, 0.15) is 0 Å². The van der Waals surface area contributed by atoms with Crippen LogP contribution in [0.15, 0.2) is 12.3 Å². The molecule has 2 saturated heterocycles. The fourth-order valence-corrected chi connectivity index (χ4v) is 2.95. The minimum atomic E-state index is -1.00. The molecule has 1 atom stereocenters. The van der Waals surface area contributed by atoms with Crippen LogP contribution < -0.4 is 4.90 Å². The van der Waals surface area contributed by atoms with Crippen LogP contribution in [0.25, 0.3) is 0 Å². The highest BCUT2D eigenvalue weighted by molar-refractivity contribution is 5.85. The summed E-state index contributed by atoms with van der Waals surface area (Å²) < 4.78 is 0. The van der Waals surface area contributed by atoms with Gasteiger partial charge in [0.2, 0.25) is 5.95 Å². The second kappa shape index (κ2) is 5.13. The number of aromatic carboxylic acids is 1. The Morgan fingerprint density at radius 2 is 2.11 bits per heavy atom. The van der Waals surface area contributed by atoms with Crippen molar-refractivity contribution >= 4 is 11.9 Å². The maximum atomic E-state index is 10.9. The van der Waals surface area contributed by atoms with Gasteiger partial charge in [0.05, 0.1) is 0 Å². The van der Waals surface area contributed by atoms with Crippen molar-refractivity contribution in [1.82, 2.24) is 14.9 Å². The Hall–Kier alpha value is -1.69. The normalized spacial score (nSPS) is 24.0. The van der Waals surface area contributed by atoms with Gasteiger partial charge in [-0.25, -0.2) is 14.8 Å². The van der Waals surface area contributed by atoms with Crippen molar-refractivity contribution in [2.24, 2.45) is 0 Å².